The second-order valence-electron chi connectivity index (χ2n) is 11.8. The SMILES string of the molecule is C=C(F)C(=O)N1CCN(c2nc(OCC34CCCN3C[C@H](F)C4)nc3cc(-c4cccc5ccsc45)cnc23)C[C@@H]1CC#N. The molecule has 1 amide bonds. The van der Waals surface area contributed by atoms with Gasteiger partial charge in [-0.3, -0.25) is 14.7 Å². The van der Waals surface area contributed by atoms with E-state index in [-0.39, 0.29) is 37.7 Å². The molecule has 0 spiro atoms. The Balaban J connectivity index is 1.27. The Morgan fingerprint density at radius 2 is 2.11 bits per heavy atom. The van der Waals surface area contributed by atoms with Gasteiger partial charge in [0.2, 0.25) is 0 Å². The van der Waals surface area contributed by atoms with Crippen LogP contribution in [0, 0.1) is 11.3 Å². The molecule has 1 unspecified atom stereocenters. The van der Waals surface area contributed by atoms with Gasteiger partial charge in [-0.25, -0.2) is 8.78 Å². The largest absolute Gasteiger partial charge is 0.461 e. The highest BCUT2D eigenvalue weighted by Gasteiger charge is 2.49. The average Bonchev–Trinajstić information content (AvgIpc) is 3.73. The van der Waals surface area contributed by atoms with Gasteiger partial charge in [-0.05, 0) is 42.3 Å². The summed E-state index contributed by atoms with van der Waals surface area (Å²) in [6.45, 7) is 5.47. The van der Waals surface area contributed by atoms with Crippen LogP contribution in [0.5, 0.6) is 6.01 Å². The summed E-state index contributed by atoms with van der Waals surface area (Å²) in [6, 6.07) is 11.9. The van der Waals surface area contributed by atoms with E-state index < -0.39 is 23.9 Å². The minimum Gasteiger partial charge on any atom is -0.461 e. The van der Waals surface area contributed by atoms with Crippen molar-refractivity contribution >= 4 is 44.2 Å². The number of aromatic nitrogens is 3. The number of nitriles is 1. The van der Waals surface area contributed by atoms with Crippen molar-refractivity contribution in [2.75, 3.05) is 44.2 Å². The second-order valence-corrected chi connectivity index (χ2v) is 12.7. The van der Waals surface area contributed by atoms with Gasteiger partial charge in [0, 0.05) is 54.6 Å². The van der Waals surface area contributed by atoms with Gasteiger partial charge >= 0.3 is 6.01 Å². The molecule has 9 nitrogen and oxygen atoms in total. The van der Waals surface area contributed by atoms with Crippen molar-refractivity contribution in [3.63, 3.8) is 0 Å². The van der Waals surface area contributed by atoms with Gasteiger partial charge in [0.1, 0.15) is 18.3 Å². The van der Waals surface area contributed by atoms with Crippen LogP contribution in [0.2, 0.25) is 0 Å². The topological polar surface area (TPSA) is 98.5 Å². The van der Waals surface area contributed by atoms with E-state index in [1.165, 1.54) is 4.90 Å². The van der Waals surface area contributed by atoms with Crippen molar-refractivity contribution in [1.29, 1.82) is 5.26 Å². The van der Waals surface area contributed by atoms with Crippen LogP contribution in [0.15, 0.2) is 54.3 Å². The minimum absolute atomic E-state index is 0.0209. The summed E-state index contributed by atoms with van der Waals surface area (Å²) in [5, 5.41) is 12.7. The average molecular weight is 616 g/mol. The lowest BCUT2D eigenvalue weighted by molar-refractivity contribution is -0.131. The predicted molar refractivity (Wildman–Crippen MR) is 165 cm³/mol. The maximum Gasteiger partial charge on any atom is 0.319 e. The van der Waals surface area contributed by atoms with Crippen LogP contribution in [-0.2, 0) is 4.79 Å². The molecule has 226 valence electrons. The van der Waals surface area contributed by atoms with Crippen LogP contribution < -0.4 is 9.64 Å². The van der Waals surface area contributed by atoms with E-state index in [2.05, 4.69) is 41.1 Å². The summed E-state index contributed by atoms with van der Waals surface area (Å²) < 4.78 is 35.7. The van der Waals surface area contributed by atoms with Crippen molar-refractivity contribution in [2.45, 2.75) is 43.4 Å². The normalized spacial score (nSPS) is 23.7. The molecule has 44 heavy (non-hydrogen) atoms. The van der Waals surface area contributed by atoms with E-state index >= 15 is 0 Å². The second kappa shape index (κ2) is 11.4. The molecule has 7 rings (SSSR count). The van der Waals surface area contributed by atoms with Crippen molar-refractivity contribution < 1.29 is 18.3 Å². The number of piperazine rings is 1. The van der Waals surface area contributed by atoms with Crippen LogP contribution in [0.25, 0.3) is 32.2 Å². The standard InChI is InChI=1S/C32H31F2N7O2S/c1-20(33)30(42)41-12-11-39(18-24(41)6-9-35)29-27-26(14-22(16-36-27)25-5-2-4-21-7-13-44-28(21)25)37-31(38-29)43-19-32-8-3-10-40(32)17-23(34)15-32/h2,4-5,7,13-14,16,23-24H,1,3,6,8,10-12,15,17-19H2/t23-,24+,32?/m1/s1. The highest BCUT2D eigenvalue weighted by atomic mass is 32.1. The van der Waals surface area contributed by atoms with Crippen molar-refractivity contribution in [3.8, 4) is 23.2 Å². The van der Waals surface area contributed by atoms with Gasteiger partial charge in [-0.1, -0.05) is 24.8 Å². The molecule has 0 N–H and O–H groups in total. The number of pyridine rings is 1. The van der Waals surface area contributed by atoms with Crippen LogP contribution >= 0.6 is 11.3 Å². The first kappa shape index (κ1) is 28.6. The monoisotopic (exact) mass is 615 g/mol. The molecule has 3 aromatic heterocycles. The number of carbonyl (C=O) groups excluding carboxylic acids is 1. The number of anilines is 1. The molecule has 6 heterocycles. The van der Waals surface area contributed by atoms with Gasteiger partial charge in [-0.2, -0.15) is 15.2 Å². The molecule has 3 atom stereocenters. The predicted octanol–water partition coefficient (Wildman–Crippen LogP) is 5.28. The smallest absolute Gasteiger partial charge is 0.319 e. The van der Waals surface area contributed by atoms with Crippen LogP contribution in [0.3, 0.4) is 0 Å². The Labute approximate surface area is 257 Å². The molecule has 3 saturated heterocycles. The molecule has 1 aromatic carbocycles. The van der Waals surface area contributed by atoms with E-state index in [1.807, 2.05) is 17.0 Å². The molecule has 0 bridgehead atoms. The highest BCUT2D eigenvalue weighted by Crippen LogP contribution is 2.41. The number of ether oxygens (including phenoxy) is 1. The van der Waals surface area contributed by atoms with Gasteiger partial charge in [-0.15, -0.1) is 11.3 Å². The Kier molecular flexibility index (Phi) is 7.38. The number of hydrogen-bond acceptors (Lipinski definition) is 9. The van der Waals surface area contributed by atoms with Gasteiger partial charge in [0.05, 0.1) is 29.6 Å². The molecular formula is C32H31F2N7O2S. The molecule has 0 aliphatic carbocycles. The fourth-order valence-corrected chi connectivity index (χ4v) is 7.97. The third-order valence-corrected chi connectivity index (χ3v) is 10.1. The number of thiophene rings is 1. The van der Waals surface area contributed by atoms with E-state index in [0.29, 0.717) is 36.4 Å². The Hall–Kier alpha value is -4.21. The van der Waals surface area contributed by atoms with Crippen molar-refractivity contribution in [2.24, 2.45) is 0 Å². The lowest BCUT2D eigenvalue weighted by Crippen LogP contribution is -2.55. The zero-order chi connectivity index (χ0) is 30.4. The first-order chi connectivity index (χ1) is 21.3. The molecule has 4 aromatic rings. The Morgan fingerprint density at radius 1 is 1.23 bits per heavy atom. The molecule has 0 radical (unpaired) electrons. The maximum absolute atomic E-state index is 14.4. The van der Waals surface area contributed by atoms with Crippen molar-refractivity contribution in [1.82, 2.24) is 24.8 Å². The lowest BCUT2D eigenvalue weighted by Gasteiger charge is -2.41. The van der Waals surface area contributed by atoms with E-state index in [1.54, 1.807) is 17.5 Å². The third kappa shape index (κ3) is 5.04. The van der Waals surface area contributed by atoms with E-state index in [4.69, 9.17) is 19.7 Å². The first-order valence-electron chi connectivity index (χ1n) is 14.8. The van der Waals surface area contributed by atoms with E-state index in [9.17, 15) is 18.8 Å². The fraction of sp³-hybridized carbons (Fsp3) is 0.406. The number of hydrogen-bond donors (Lipinski definition) is 0. The van der Waals surface area contributed by atoms with Crippen LogP contribution in [0.4, 0.5) is 14.6 Å². The molecule has 3 fully saturated rings. The maximum atomic E-state index is 14.4. The summed E-state index contributed by atoms with van der Waals surface area (Å²) in [5.74, 6) is -1.35. The van der Waals surface area contributed by atoms with E-state index in [0.717, 1.165) is 40.6 Å². The number of nitrogens with zero attached hydrogens (tertiary/aromatic N) is 7. The number of fused-ring (bicyclic) bond motifs is 3. The number of rotatable bonds is 7. The van der Waals surface area contributed by atoms with Gasteiger partial charge in [0.15, 0.2) is 11.6 Å². The first-order valence-corrected chi connectivity index (χ1v) is 15.7. The quantitative estimate of drug-likeness (QED) is 0.259. The fourth-order valence-electron chi connectivity index (χ4n) is 7.03. The molecule has 12 heteroatoms. The number of alkyl halides is 1. The molecule has 0 saturated carbocycles. The molecule has 3 aliphatic heterocycles. The summed E-state index contributed by atoms with van der Waals surface area (Å²) in [6.07, 6.45) is 3.23. The zero-order valence-electron chi connectivity index (χ0n) is 24.1. The lowest BCUT2D eigenvalue weighted by atomic mass is 9.95. The molecular weight excluding hydrogens is 584 g/mol. The van der Waals surface area contributed by atoms with Crippen LogP contribution in [0.1, 0.15) is 25.7 Å². The zero-order valence-corrected chi connectivity index (χ0v) is 24.9. The van der Waals surface area contributed by atoms with Crippen LogP contribution in [-0.4, -0.2) is 87.7 Å². The number of halogens is 2. The summed E-state index contributed by atoms with van der Waals surface area (Å²) in [5.41, 5.74) is 2.71. The molecule has 3 aliphatic rings. The summed E-state index contributed by atoms with van der Waals surface area (Å²) in [7, 11) is 0. The summed E-state index contributed by atoms with van der Waals surface area (Å²) in [4.78, 5) is 32.4. The minimum atomic E-state index is -1.05. The highest BCUT2D eigenvalue weighted by molar-refractivity contribution is 7.17. The van der Waals surface area contributed by atoms with Gasteiger partial charge in [0.25, 0.3) is 5.91 Å². The number of carbonyl (C=O) groups is 1. The Morgan fingerprint density at radius 3 is 2.95 bits per heavy atom. The van der Waals surface area contributed by atoms with Gasteiger partial charge < -0.3 is 14.5 Å². The summed E-state index contributed by atoms with van der Waals surface area (Å²) >= 11 is 1.66. The van der Waals surface area contributed by atoms with Crippen molar-refractivity contribution in [3.05, 3.63) is 54.3 Å². The number of benzene rings is 1. The third-order valence-electron chi connectivity index (χ3n) is 9.12. The Bertz CT molecular complexity index is 1810. The number of amides is 1.